The van der Waals surface area contributed by atoms with Crippen LogP contribution in [0.5, 0.6) is 0 Å². The zero-order valence-electron chi connectivity index (χ0n) is 8.73. The Hall–Kier alpha value is -2.15. The third-order valence-electron chi connectivity index (χ3n) is 2.51. The van der Waals surface area contributed by atoms with Crippen molar-refractivity contribution in [3.63, 3.8) is 0 Å². The van der Waals surface area contributed by atoms with E-state index in [1.807, 2.05) is 6.07 Å². The van der Waals surface area contributed by atoms with Crippen LogP contribution in [0.3, 0.4) is 0 Å². The van der Waals surface area contributed by atoms with E-state index in [1.54, 1.807) is 18.3 Å². The number of Topliss-reactive ketones (excluding diaryl/α,β-unsaturated/α-hetero) is 1. The Labute approximate surface area is 93.6 Å². The number of nitriles is 1. The zero-order valence-corrected chi connectivity index (χ0v) is 8.73. The van der Waals surface area contributed by atoms with Crippen molar-refractivity contribution in [2.24, 2.45) is 0 Å². The van der Waals surface area contributed by atoms with Gasteiger partial charge < -0.3 is 5.32 Å². The molecule has 80 valence electrons. The molecular weight excluding hydrogens is 202 g/mol. The molecule has 0 aliphatic carbocycles. The first-order valence-corrected chi connectivity index (χ1v) is 5.15. The minimum atomic E-state index is -0.250. The van der Waals surface area contributed by atoms with Gasteiger partial charge in [0.15, 0.2) is 0 Å². The van der Waals surface area contributed by atoms with E-state index >= 15 is 0 Å². The number of carbonyl (C=O) groups is 1. The highest BCUT2D eigenvalue weighted by atomic mass is 16.1. The van der Waals surface area contributed by atoms with Gasteiger partial charge in [0.2, 0.25) is 5.78 Å². The molecule has 16 heavy (non-hydrogen) atoms. The van der Waals surface area contributed by atoms with E-state index in [1.165, 1.54) is 6.20 Å². The van der Waals surface area contributed by atoms with Crippen molar-refractivity contribution in [3.05, 3.63) is 41.4 Å². The molecule has 1 saturated heterocycles. The van der Waals surface area contributed by atoms with Crippen molar-refractivity contribution in [2.75, 3.05) is 6.54 Å². The fourth-order valence-corrected chi connectivity index (χ4v) is 1.70. The number of pyridine rings is 1. The van der Waals surface area contributed by atoms with Crippen LogP contribution in [-0.4, -0.2) is 17.3 Å². The number of allylic oxidation sites excluding steroid dienone is 2. The summed E-state index contributed by atoms with van der Waals surface area (Å²) in [5, 5.41) is 12.1. The topological polar surface area (TPSA) is 65.8 Å². The number of ketones is 1. The summed E-state index contributed by atoms with van der Waals surface area (Å²) in [6, 6.07) is 5.34. The van der Waals surface area contributed by atoms with E-state index in [0.717, 1.165) is 25.1 Å². The second-order valence-corrected chi connectivity index (χ2v) is 3.57. The molecule has 4 nitrogen and oxygen atoms in total. The molecule has 0 saturated carbocycles. The van der Waals surface area contributed by atoms with E-state index in [0.29, 0.717) is 5.56 Å². The summed E-state index contributed by atoms with van der Waals surface area (Å²) in [6.45, 7) is 0.834. The lowest BCUT2D eigenvalue weighted by molar-refractivity contribution is 0.103. The summed E-state index contributed by atoms with van der Waals surface area (Å²) in [6.07, 6.45) is 4.83. The second kappa shape index (κ2) is 4.58. The molecule has 1 N–H and O–H groups in total. The Balaban J connectivity index is 2.34. The Morgan fingerprint density at radius 2 is 2.44 bits per heavy atom. The first-order chi connectivity index (χ1) is 7.83. The SMILES string of the molecule is N#C/C(C(=O)c1cccnc1)=C1/CCCN1. The van der Waals surface area contributed by atoms with Crippen molar-refractivity contribution in [1.82, 2.24) is 10.3 Å². The van der Waals surface area contributed by atoms with Crippen molar-refractivity contribution < 1.29 is 4.79 Å². The summed E-state index contributed by atoms with van der Waals surface area (Å²) in [7, 11) is 0. The molecule has 1 fully saturated rings. The molecule has 1 aliphatic rings. The first kappa shape index (κ1) is 10.4. The van der Waals surface area contributed by atoms with E-state index < -0.39 is 0 Å². The van der Waals surface area contributed by atoms with Crippen LogP contribution in [0, 0.1) is 11.3 Å². The van der Waals surface area contributed by atoms with E-state index in [4.69, 9.17) is 5.26 Å². The average molecular weight is 213 g/mol. The van der Waals surface area contributed by atoms with Gasteiger partial charge in [-0.2, -0.15) is 5.26 Å². The minimum Gasteiger partial charge on any atom is -0.387 e. The lowest BCUT2D eigenvalue weighted by Crippen LogP contribution is -2.12. The molecule has 0 atom stereocenters. The number of nitrogens with zero attached hydrogens (tertiary/aromatic N) is 2. The summed E-state index contributed by atoms with van der Waals surface area (Å²) >= 11 is 0. The van der Waals surface area contributed by atoms with Crippen LogP contribution in [0.25, 0.3) is 0 Å². The van der Waals surface area contributed by atoms with Gasteiger partial charge in [-0.15, -0.1) is 0 Å². The Bertz CT molecular complexity index is 463. The van der Waals surface area contributed by atoms with Gasteiger partial charge in [0, 0.05) is 30.2 Å². The predicted octanol–water partition coefficient (Wildman–Crippen LogP) is 1.43. The van der Waals surface area contributed by atoms with Gasteiger partial charge in [-0.05, 0) is 25.0 Å². The van der Waals surface area contributed by atoms with Crippen molar-refractivity contribution >= 4 is 5.78 Å². The van der Waals surface area contributed by atoms with Crippen molar-refractivity contribution in [1.29, 1.82) is 5.26 Å². The molecule has 1 aromatic rings. The van der Waals surface area contributed by atoms with E-state index in [2.05, 4.69) is 10.3 Å². The maximum Gasteiger partial charge on any atom is 0.206 e. The Morgan fingerprint density at radius 3 is 3.00 bits per heavy atom. The summed E-state index contributed by atoms with van der Waals surface area (Å²) in [5.41, 5.74) is 1.43. The number of hydrogen-bond acceptors (Lipinski definition) is 4. The molecule has 0 aromatic carbocycles. The summed E-state index contributed by atoms with van der Waals surface area (Å²) in [4.78, 5) is 15.9. The highest BCUT2D eigenvalue weighted by molar-refractivity contribution is 6.11. The normalized spacial score (nSPS) is 17.4. The van der Waals surface area contributed by atoms with Crippen LogP contribution < -0.4 is 5.32 Å². The first-order valence-electron chi connectivity index (χ1n) is 5.15. The molecule has 0 amide bonds. The fourth-order valence-electron chi connectivity index (χ4n) is 1.70. The zero-order chi connectivity index (χ0) is 11.4. The van der Waals surface area contributed by atoms with Gasteiger partial charge >= 0.3 is 0 Å². The van der Waals surface area contributed by atoms with Crippen LogP contribution in [0.1, 0.15) is 23.2 Å². The minimum absolute atomic E-state index is 0.213. The molecule has 2 rings (SSSR count). The third-order valence-corrected chi connectivity index (χ3v) is 2.51. The molecule has 1 aromatic heterocycles. The van der Waals surface area contributed by atoms with Gasteiger partial charge in [-0.1, -0.05) is 0 Å². The summed E-state index contributed by atoms with van der Waals surface area (Å²) < 4.78 is 0. The standard InChI is InChI=1S/C12H11N3O/c13-7-10(11-4-2-6-15-11)12(16)9-3-1-5-14-8-9/h1,3,5,8,15H,2,4,6H2/b11-10+. The fraction of sp³-hybridized carbons (Fsp3) is 0.250. The molecule has 2 heterocycles. The maximum absolute atomic E-state index is 12.0. The van der Waals surface area contributed by atoms with Crippen LogP contribution >= 0.6 is 0 Å². The number of aromatic nitrogens is 1. The van der Waals surface area contributed by atoms with Gasteiger partial charge in [0.05, 0.1) is 0 Å². The van der Waals surface area contributed by atoms with Gasteiger partial charge in [0.1, 0.15) is 11.6 Å². The average Bonchev–Trinajstić information content (AvgIpc) is 2.85. The molecule has 0 radical (unpaired) electrons. The van der Waals surface area contributed by atoms with Gasteiger partial charge in [-0.25, -0.2) is 0 Å². The molecule has 1 aliphatic heterocycles. The Morgan fingerprint density at radius 1 is 1.56 bits per heavy atom. The van der Waals surface area contributed by atoms with Crippen LogP contribution in [0.15, 0.2) is 35.8 Å². The smallest absolute Gasteiger partial charge is 0.206 e. The maximum atomic E-state index is 12.0. The van der Waals surface area contributed by atoms with Crippen LogP contribution in [0.4, 0.5) is 0 Å². The largest absolute Gasteiger partial charge is 0.387 e. The monoisotopic (exact) mass is 213 g/mol. The highest BCUT2D eigenvalue weighted by Crippen LogP contribution is 2.17. The number of carbonyl (C=O) groups excluding carboxylic acids is 1. The third kappa shape index (κ3) is 1.94. The molecule has 4 heteroatoms. The number of rotatable bonds is 2. The molecule has 0 spiro atoms. The lowest BCUT2D eigenvalue weighted by atomic mass is 10.0. The van der Waals surface area contributed by atoms with Crippen LogP contribution in [0.2, 0.25) is 0 Å². The second-order valence-electron chi connectivity index (χ2n) is 3.57. The Kier molecular flexibility index (Phi) is 2.97. The molecule has 0 bridgehead atoms. The van der Waals surface area contributed by atoms with Gasteiger partial charge in [-0.3, -0.25) is 9.78 Å². The van der Waals surface area contributed by atoms with Crippen LogP contribution in [-0.2, 0) is 0 Å². The van der Waals surface area contributed by atoms with Crippen molar-refractivity contribution in [3.8, 4) is 6.07 Å². The van der Waals surface area contributed by atoms with Gasteiger partial charge in [0.25, 0.3) is 0 Å². The molecule has 0 unspecified atom stereocenters. The quantitative estimate of drug-likeness (QED) is 0.458. The number of hydrogen-bond donors (Lipinski definition) is 1. The van der Waals surface area contributed by atoms with E-state index in [9.17, 15) is 4.79 Å². The number of nitrogens with one attached hydrogen (secondary N) is 1. The predicted molar refractivity (Wildman–Crippen MR) is 58.4 cm³/mol. The van der Waals surface area contributed by atoms with E-state index in [-0.39, 0.29) is 11.4 Å². The molecular formula is C12H11N3O. The van der Waals surface area contributed by atoms with Crippen molar-refractivity contribution in [2.45, 2.75) is 12.8 Å². The lowest BCUT2D eigenvalue weighted by Gasteiger charge is -2.03. The highest BCUT2D eigenvalue weighted by Gasteiger charge is 2.19. The summed E-state index contributed by atoms with van der Waals surface area (Å²) in [5.74, 6) is -0.250.